The number of amides is 1. The normalized spacial score (nSPS) is 10.7. The predicted octanol–water partition coefficient (Wildman–Crippen LogP) is 2.55. The maximum Gasteiger partial charge on any atom is 0.261 e. The van der Waals surface area contributed by atoms with E-state index in [1.54, 1.807) is 24.3 Å². The van der Waals surface area contributed by atoms with Gasteiger partial charge in [-0.2, -0.15) is 0 Å². The predicted molar refractivity (Wildman–Crippen MR) is 99.5 cm³/mol. The number of halogens is 2. The van der Waals surface area contributed by atoms with Crippen LogP contribution in [0.2, 0.25) is 0 Å². The molecule has 144 valence electrons. The number of hydrogen-bond acceptors (Lipinski definition) is 5. The lowest BCUT2D eigenvalue weighted by Gasteiger charge is -2.08. The average molecular weight is 394 g/mol. The minimum atomic E-state index is -0.822. The fraction of sp³-hybridized carbons (Fsp3) is 0. The largest absolute Gasteiger partial charge is 0.322 e. The van der Waals surface area contributed by atoms with Crippen molar-refractivity contribution >= 4 is 11.6 Å². The van der Waals surface area contributed by atoms with E-state index >= 15 is 0 Å². The Morgan fingerprint density at radius 2 is 1.93 bits per heavy atom. The number of carbonyl (C=O) groups excluding carboxylic acids is 1. The summed E-state index contributed by atoms with van der Waals surface area (Å²) in [5, 5.41) is 13.5. The maximum atomic E-state index is 13.9. The maximum absolute atomic E-state index is 13.9. The van der Waals surface area contributed by atoms with Gasteiger partial charge >= 0.3 is 0 Å². The molecule has 2 aromatic carbocycles. The van der Waals surface area contributed by atoms with Gasteiger partial charge in [-0.15, -0.1) is 5.10 Å². The molecule has 10 heteroatoms. The van der Waals surface area contributed by atoms with Gasteiger partial charge in [-0.1, -0.05) is 6.07 Å². The minimum Gasteiger partial charge on any atom is -0.322 e. The average Bonchev–Trinajstić information content (AvgIpc) is 3.23. The van der Waals surface area contributed by atoms with Crippen LogP contribution in [0.5, 0.6) is 0 Å². The number of rotatable bonds is 4. The molecule has 0 aliphatic rings. The first-order chi connectivity index (χ1) is 14.0. The molecule has 0 unspecified atom stereocenters. The molecule has 0 fully saturated rings. The molecule has 4 aromatic rings. The van der Waals surface area contributed by atoms with Crippen molar-refractivity contribution in [2.24, 2.45) is 0 Å². The summed E-state index contributed by atoms with van der Waals surface area (Å²) in [6.07, 6.45) is 1.40. The summed E-state index contributed by atoms with van der Waals surface area (Å²) in [6.45, 7) is 0. The van der Waals surface area contributed by atoms with Crippen molar-refractivity contribution in [2.45, 2.75) is 0 Å². The lowest BCUT2D eigenvalue weighted by molar-refractivity contribution is 0.102. The zero-order chi connectivity index (χ0) is 20.4. The molecule has 2 N–H and O–H groups in total. The van der Waals surface area contributed by atoms with Crippen LogP contribution in [0.1, 0.15) is 10.4 Å². The van der Waals surface area contributed by atoms with Gasteiger partial charge in [0.05, 0.1) is 11.4 Å². The fourth-order valence-electron chi connectivity index (χ4n) is 2.72. The monoisotopic (exact) mass is 394 g/mol. The molecule has 0 spiro atoms. The van der Waals surface area contributed by atoms with Crippen molar-refractivity contribution in [2.75, 3.05) is 5.32 Å². The van der Waals surface area contributed by atoms with Crippen LogP contribution >= 0.6 is 0 Å². The van der Waals surface area contributed by atoms with E-state index in [2.05, 4.69) is 25.8 Å². The van der Waals surface area contributed by atoms with Gasteiger partial charge in [-0.3, -0.25) is 9.59 Å². The summed E-state index contributed by atoms with van der Waals surface area (Å²) in [6, 6.07) is 12.4. The van der Waals surface area contributed by atoms with Crippen LogP contribution in [0.25, 0.3) is 16.9 Å². The summed E-state index contributed by atoms with van der Waals surface area (Å²) in [5.41, 5.74) is 0.318. The highest BCUT2D eigenvalue weighted by Crippen LogP contribution is 2.21. The van der Waals surface area contributed by atoms with Crippen LogP contribution < -0.4 is 10.9 Å². The van der Waals surface area contributed by atoms with Crippen molar-refractivity contribution in [1.82, 2.24) is 25.2 Å². The highest BCUT2D eigenvalue weighted by molar-refractivity contribution is 6.04. The van der Waals surface area contributed by atoms with Gasteiger partial charge in [-0.05, 0) is 52.9 Å². The second-order valence-corrected chi connectivity index (χ2v) is 6.00. The molecule has 0 aliphatic carbocycles. The number of pyridine rings is 1. The Hall–Kier alpha value is -4.21. The molecule has 2 aromatic heterocycles. The van der Waals surface area contributed by atoms with Crippen LogP contribution in [0.3, 0.4) is 0 Å². The molecular weight excluding hydrogens is 382 g/mol. The number of hydrogen-bond donors (Lipinski definition) is 2. The Labute approximate surface area is 161 Å². The van der Waals surface area contributed by atoms with Gasteiger partial charge in [0, 0.05) is 17.3 Å². The van der Waals surface area contributed by atoms with Crippen LogP contribution in [0.4, 0.5) is 14.5 Å². The molecular formula is C19H12F2N6O2. The van der Waals surface area contributed by atoms with Crippen molar-refractivity contribution in [3.63, 3.8) is 0 Å². The quantitative estimate of drug-likeness (QED) is 0.553. The third-order valence-corrected chi connectivity index (χ3v) is 4.09. The molecule has 4 rings (SSSR count). The summed E-state index contributed by atoms with van der Waals surface area (Å²) in [4.78, 5) is 27.3. The van der Waals surface area contributed by atoms with E-state index in [1.807, 2.05) is 0 Å². The number of nitrogens with one attached hydrogen (secondary N) is 2. The SMILES string of the molecule is O=C(Nc1cccc(-n2cnnn2)c1)c1ccc(-c2ccc(F)cc2F)[nH]c1=O. The topological polar surface area (TPSA) is 106 Å². The molecule has 0 bridgehead atoms. The first kappa shape index (κ1) is 18.2. The Balaban J connectivity index is 1.58. The summed E-state index contributed by atoms with van der Waals surface area (Å²) >= 11 is 0. The Morgan fingerprint density at radius 3 is 2.66 bits per heavy atom. The number of anilines is 1. The van der Waals surface area contributed by atoms with Gasteiger partial charge in [0.2, 0.25) is 0 Å². The van der Waals surface area contributed by atoms with E-state index < -0.39 is 23.1 Å². The lowest BCUT2D eigenvalue weighted by atomic mass is 10.1. The molecule has 0 aliphatic heterocycles. The van der Waals surface area contributed by atoms with Gasteiger partial charge in [0.1, 0.15) is 23.5 Å². The van der Waals surface area contributed by atoms with Crippen molar-refractivity contribution < 1.29 is 13.6 Å². The van der Waals surface area contributed by atoms with E-state index in [-0.39, 0.29) is 16.8 Å². The highest BCUT2D eigenvalue weighted by Gasteiger charge is 2.14. The van der Waals surface area contributed by atoms with Crippen LogP contribution in [0.15, 0.2) is 65.7 Å². The molecule has 1 amide bonds. The number of H-pyrrole nitrogens is 1. The van der Waals surface area contributed by atoms with E-state index in [0.717, 1.165) is 6.07 Å². The lowest BCUT2D eigenvalue weighted by Crippen LogP contribution is -2.23. The summed E-state index contributed by atoms with van der Waals surface area (Å²) in [7, 11) is 0. The van der Waals surface area contributed by atoms with E-state index in [4.69, 9.17) is 0 Å². The van der Waals surface area contributed by atoms with Crippen LogP contribution in [-0.4, -0.2) is 31.1 Å². The minimum absolute atomic E-state index is 0.0181. The molecule has 8 nitrogen and oxygen atoms in total. The molecule has 0 atom stereocenters. The Kier molecular flexibility index (Phi) is 4.65. The van der Waals surface area contributed by atoms with Crippen LogP contribution in [0, 0.1) is 11.6 Å². The molecule has 2 heterocycles. The van der Waals surface area contributed by atoms with Gasteiger partial charge in [0.15, 0.2) is 0 Å². The second-order valence-electron chi connectivity index (χ2n) is 6.00. The van der Waals surface area contributed by atoms with Gasteiger partial charge in [-0.25, -0.2) is 13.5 Å². The number of aromatic amines is 1. The second kappa shape index (κ2) is 7.43. The zero-order valence-electron chi connectivity index (χ0n) is 14.6. The number of aromatic nitrogens is 5. The molecule has 0 saturated heterocycles. The molecule has 29 heavy (non-hydrogen) atoms. The molecule has 0 saturated carbocycles. The van der Waals surface area contributed by atoms with E-state index in [0.29, 0.717) is 17.4 Å². The highest BCUT2D eigenvalue weighted by atomic mass is 19.1. The van der Waals surface area contributed by atoms with Gasteiger partial charge < -0.3 is 10.3 Å². The molecule has 0 radical (unpaired) electrons. The van der Waals surface area contributed by atoms with Gasteiger partial charge in [0.25, 0.3) is 11.5 Å². The van der Waals surface area contributed by atoms with E-state index in [9.17, 15) is 18.4 Å². The third kappa shape index (κ3) is 3.76. The standard InChI is InChI=1S/C19H12F2N6O2/c20-11-4-5-14(16(21)8-11)17-7-6-15(19(29)24-17)18(28)23-12-2-1-3-13(9-12)27-10-22-25-26-27/h1-10H,(H,23,28)(H,24,29). The number of tetrazole rings is 1. The Morgan fingerprint density at radius 1 is 1.07 bits per heavy atom. The van der Waals surface area contributed by atoms with Crippen molar-refractivity contribution in [3.8, 4) is 16.9 Å². The first-order valence-corrected chi connectivity index (χ1v) is 8.35. The number of nitrogens with zero attached hydrogens (tertiary/aromatic N) is 4. The summed E-state index contributed by atoms with van der Waals surface area (Å²) < 4.78 is 28.4. The Bertz CT molecular complexity index is 1250. The third-order valence-electron chi connectivity index (χ3n) is 4.09. The zero-order valence-corrected chi connectivity index (χ0v) is 14.6. The van der Waals surface area contributed by atoms with Crippen molar-refractivity contribution in [1.29, 1.82) is 0 Å². The fourth-order valence-corrected chi connectivity index (χ4v) is 2.72. The number of carbonyl (C=O) groups is 1. The first-order valence-electron chi connectivity index (χ1n) is 8.35. The van der Waals surface area contributed by atoms with Crippen LogP contribution in [-0.2, 0) is 0 Å². The summed E-state index contributed by atoms with van der Waals surface area (Å²) in [5.74, 6) is -2.20. The van der Waals surface area contributed by atoms with Crippen molar-refractivity contribution in [3.05, 3.63) is 88.5 Å². The number of benzene rings is 2. The van der Waals surface area contributed by atoms with E-state index in [1.165, 1.54) is 29.2 Å². The smallest absolute Gasteiger partial charge is 0.261 e.